The standard InChI is InChI=1S/C18H18N4O2/c1-3-21(15-11-7-8-13(2)12-15)17(23)16-19-18(24)22(20-16)14-9-5-4-6-10-14/h4-12H,3H2,1-2H3,(H,19,20,24). The fraction of sp³-hybridized carbons (Fsp3) is 0.167. The molecule has 122 valence electrons. The van der Waals surface area contributed by atoms with Gasteiger partial charge in [0.15, 0.2) is 0 Å². The van der Waals surface area contributed by atoms with Gasteiger partial charge in [0.1, 0.15) is 0 Å². The van der Waals surface area contributed by atoms with Gasteiger partial charge >= 0.3 is 5.69 Å². The van der Waals surface area contributed by atoms with Crippen LogP contribution in [0.4, 0.5) is 5.69 Å². The maximum absolute atomic E-state index is 12.8. The lowest BCUT2D eigenvalue weighted by molar-refractivity contribution is 0.0978. The third-order valence-electron chi connectivity index (χ3n) is 3.70. The number of hydrogen-bond donors (Lipinski definition) is 1. The van der Waals surface area contributed by atoms with Crippen LogP contribution in [0.5, 0.6) is 0 Å². The van der Waals surface area contributed by atoms with E-state index >= 15 is 0 Å². The summed E-state index contributed by atoms with van der Waals surface area (Å²) in [5, 5.41) is 4.15. The van der Waals surface area contributed by atoms with Crippen LogP contribution in [-0.4, -0.2) is 27.2 Å². The maximum atomic E-state index is 12.8. The summed E-state index contributed by atoms with van der Waals surface area (Å²) in [6.07, 6.45) is 0. The van der Waals surface area contributed by atoms with Gasteiger partial charge < -0.3 is 4.90 Å². The Morgan fingerprint density at radius 3 is 2.58 bits per heavy atom. The molecule has 3 aromatic rings. The summed E-state index contributed by atoms with van der Waals surface area (Å²) in [6, 6.07) is 16.6. The van der Waals surface area contributed by atoms with Gasteiger partial charge in [-0.05, 0) is 43.7 Å². The highest BCUT2D eigenvalue weighted by Gasteiger charge is 2.21. The molecule has 0 saturated heterocycles. The maximum Gasteiger partial charge on any atom is 0.348 e. The summed E-state index contributed by atoms with van der Waals surface area (Å²) < 4.78 is 1.19. The molecule has 24 heavy (non-hydrogen) atoms. The summed E-state index contributed by atoms with van der Waals surface area (Å²) in [6.45, 7) is 4.32. The molecule has 1 amide bonds. The van der Waals surface area contributed by atoms with E-state index in [2.05, 4.69) is 10.1 Å². The van der Waals surface area contributed by atoms with Crippen molar-refractivity contribution in [2.45, 2.75) is 13.8 Å². The van der Waals surface area contributed by atoms with Crippen molar-refractivity contribution in [1.29, 1.82) is 0 Å². The molecule has 6 heteroatoms. The van der Waals surface area contributed by atoms with E-state index in [0.717, 1.165) is 11.3 Å². The Morgan fingerprint density at radius 1 is 1.17 bits per heavy atom. The van der Waals surface area contributed by atoms with Crippen LogP contribution in [0.15, 0.2) is 59.4 Å². The molecule has 1 N–H and O–H groups in total. The fourth-order valence-corrected chi connectivity index (χ4v) is 2.53. The summed E-state index contributed by atoms with van der Waals surface area (Å²) in [5.41, 5.74) is 2.00. The van der Waals surface area contributed by atoms with Crippen molar-refractivity contribution >= 4 is 11.6 Å². The van der Waals surface area contributed by atoms with Gasteiger partial charge in [-0.2, -0.15) is 4.68 Å². The number of amides is 1. The molecule has 3 rings (SSSR count). The lowest BCUT2D eigenvalue weighted by Crippen LogP contribution is -2.31. The van der Waals surface area contributed by atoms with Crippen LogP contribution in [0.3, 0.4) is 0 Å². The molecule has 0 fully saturated rings. The van der Waals surface area contributed by atoms with Gasteiger partial charge in [0.05, 0.1) is 5.69 Å². The molecule has 0 aliphatic rings. The number of nitrogens with zero attached hydrogens (tertiary/aromatic N) is 3. The van der Waals surface area contributed by atoms with Gasteiger partial charge in [-0.1, -0.05) is 30.3 Å². The van der Waals surface area contributed by atoms with E-state index in [1.54, 1.807) is 17.0 Å². The van der Waals surface area contributed by atoms with Crippen molar-refractivity contribution in [3.8, 4) is 5.69 Å². The molecule has 2 aromatic carbocycles. The third-order valence-corrected chi connectivity index (χ3v) is 3.70. The highest BCUT2D eigenvalue weighted by molar-refractivity contribution is 6.03. The normalized spacial score (nSPS) is 10.6. The Kier molecular flexibility index (Phi) is 4.29. The number of carbonyl (C=O) groups excluding carboxylic acids is 1. The zero-order chi connectivity index (χ0) is 17.1. The van der Waals surface area contributed by atoms with Crippen molar-refractivity contribution in [1.82, 2.24) is 14.8 Å². The second-order valence-electron chi connectivity index (χ2n) is 5.41. The van der Waals surface area contributed by atoms with Crippen molar-refractivity contribution in [3.05, 3.63) is 76.5 Å². The number of rotatable bonds is 4. The zero-order valence-electron chi connectivity index (χ0n) is 13.6. The number of nitrogens with one attached hydrogen (secondary N) is 1. The molecular formula is C18H18N4O2. The van der Waals surface area contributed by atoms with Crippen LogP contribution in [0.1, 0.15) is 23.1 Å². The summed E-state index contributed by atoms with van der Waals surface area (Å²) >= 11 is 0. The minimum Gasteiger partial charge on any atom is -0.306 e. The Hall–Kier alpha value is -3.15. The van der Waals surface area contributed by atoms with Crippen molar-refractivity contribution in [2.75, 3.05) is 11.4 Å². The molecule has 1 aromatic heterocycles. The van der Waals surface area contributed by atoms with Gasteiger partial charge in [-0.15, -0.1) is 5.10 Å². The van der Waals surface area contributed by atoms with Crippen molar-refractivity contribution in [3.63, 3.8) is 0 Å². The molecule has 0 saturated carbocycles. The van der Waals surface area contributed by atoms with E-state index in [4.69, 9.17) is 0 Å². The van der Waals surface area contributed by atoms with E-state index in [0.29, 0.717) is 12.2 Å². The number of H-pyrrole nitrogens is 1. The van der Waals surface area contributed by atoms with Crippen LogP contribution in [0.25, 0.3) is 5.69 Å². The smallest absolute Gasteiger partial charge is 0.306 e. The average Bonchev–Trinajstić information content (AvgIpc) is 2.98. The van der Waals surface area contributed by atoms with Gasteiger partial charge in [0.2, 0.25) is 5.82 Å². The summed E-state index contributed by atoms with van der Waals surface area (Å²) in [7, 11) is 0. The topological polar surface area (TPSA) is 71.0 Å². The lowest BCUT2D eigenvalue weighted by atomic mass is 10.2. The Balaban J connectivity index is 1.96. The van der Waals surface area contributed by atoms with E-state index < -0.39 is 5.69 Å². The largest absolute Gasteiger partial charge is 0.348 e. The van der Waals surface area contributed by atoms with E-state index in [9.17, 15) is 9.59 Å². The molecule has 0 unspecified atom stereocenters. The second kappa shape index (κ2) is 6.54. The molecular weight excluding hydrogens is 304 g/mol. The summed E-state index contributed by atoms with van der Waals surface area (Å²) in [5.74, 6) is -0.318. The molecule has 0 bridgehead atoms. The predicted octanol–water partition coefficient (Wildman–Crippen LogP) is 2.54. The molecule has 0 radical (unpaired) electrons. The van der Waals surface area contributed by atoms with Crippen LogP contribution in [0, 0.1) is 6.92 Å². The quantitative estimate of drug-likeness (QED) is 0.802. The molecule has 6 nitrogen and oxygen atoms in total. The van der Waals surface area contributed by atoms with E-state index in [1.165, 1.54) is 4.68 Å². The van der Waals surface area contributed by atoms with Crippen LogP contribution in [-0.2, 0) is 0 Å². The van der Waals surface area contributed by atoms with E-state index in [1.807, 2.05) is 56.3 Å². The average molecular weight is 322 g/mol. The number of benzene rings is 2. The third kappa shape index (κ3) is 2.99. The zero-order valence-corrected chi connectivity index (χ0v) is 13.6. The Bertz CT molecular complexity index is 912. The SMILES string of the molecule is CCN(C(=O)c1nn(-c2ccccc2)c(=O)[nH]1)c1cccc(C)c1. The number of carbonyl (C=O) groups is 1. The minimum absolute atomic E-state index is 0.0206. The number of aromatic amines is 1. The Morgan fingerprint density at radius 2 is 1.92 bits per heavy atom. The van der Waals surface area contributed by atoms with Gasteiger partial charge in [-0.25, -0.2) is 4.79 Å². The monoisotopic (exact) mass is 322 g/mol. The Labute approximate surface area is 139 Å². The first-order valence-corrected chi connectivity index (χ1v) is 7.73. The number of anilines is 1. The molecule has 0 atom stereocenters. The molecule has 0 spiro atoms. The predicted molar refractivity (Wildman–Crippen MR) is 92.7 cm³/mol. The number of aryl methyl sites for hydroxylation is 1. The number of para-hydroxylation sites is 1. The molecule has 0 aliphatic heterocycles. The van der Waals surface area contributed by atoms with Crippen LogP contribution >= 0.6 is 0 Å². The highest BCUT2D eigenvalue weighted by Crippen LogP contribution is 2.17. The first kappa shape index (κ1) is 15.7. The number of aromatic nitrogens is 3. The minimum atomic E-state index is -0.440. The van der Waals surface area contributed by atoms with Crippen molar-refractivity contribution < 1.29 is 4.79 Å². The van der Waals surface area contributed by atoms with Gasteiger partial charge in [0, 0.05) is 12.2 Å². The second-order valence-corrected chi connectivity index (χ2v) is 5.41. The van der Waals surface area contributed by atoms with Gasteiger partial charge in [-0.3, -0.25) is 9.78 Å². The highest BCUT2D eigenvalue weighted by atomic mass is 16.2. The first-order valence-electron chi connectivity index (χ1n) is 7.73. The lowest BCUT2D eigenvalue weighted by Gasteiger charge is -2.19. The van der Waals surface area contributed by atoms with Crippen molar-refractivity contribution in [2.24, 2.45) is 0 Å². The first-order chi connectivity index (χ1) is 11.6. The fourth-order valence-electron chi connectivity index (χ4n) is 2.53. The summed E-state index contributed by atoms with van der Waals surface area (Å²) in [4.78, 5) is 29.0. The molecule has 0 aliphatic carbocycles. The molecule has 1 heterocycles. The number of hydrogen-bond acceptors (Lipinski definition) is 3. The van der Waals surface area contributed by atoms with Crippen LogP contribution in [0.2, 0.25) is 0 Å². The van der Waals surface area contributed by atoms with E-state index in [-0.39, 0.29) is 11.7 Å². The van der Waals surface area contributed by atoms with Gasteiger partial charge in [0.25, 0.3) is 5.91 Å². The van der Waals surface area contributed by atoms with Crippen LogP contribution < -0.4 is 10.6 Å².